The number of aliphatic carboxylic acids is 2. The number of aldehydes is 1. The smallest absolute Gasteiger partial charge is 0.661 e. The molecule has 8 bridgehead atoms. The number of hydrogen-bond acceptors (Lipinski definition) is 4. The van der Waals surface area contributed by atoms with Gasteiger partial charge in [-0.05, 0) is 131 Å². The molecule has 2 aliphatic heterocycles. The fraction of sp³-hybridized carbons (Fsp3) is 0.426. The van der Waals surface area contributed by atoms with Crippen LogP contribution < -0.4 is 25.7 Å². The second-order valence-electron chi connectivity index (χ2n) is 17.7. The van der Waals surface area contributed by atoms with Crippen molar-refractivity contribution < 1.29 is 46.8 Å². The molecule has 3 N–H and O–H groups in total. The van der Waals surface area contributed by atoms with Crippen molar-refractivity contribution in [3.8, 4) is 0 Å². The molecule has 0 aliphatic carbocycles. The van der Waals surface area contributed by atoms with Gasteiger partial charge in [0.15, 0.2) is 0 Å². The van der Waals surface area contributed by atoms with Gasteiger partial charge in [-0.25, -0.2) is 0 Å². The van der Waals surface area contributed by atoms with Gasteiger partial charge < -0.3 is 35.6 Å². The van der Waals surface area contributed by atoms with E-state index in [0.29, 0.717) is 63.7 Å². The molecular formula is C54H66FeN4O6. The molecule has 0 spiro atoms. The number of aliphatic hydroxyl groups is 1. The van der Waals surface area contributed by atoms with Crippen LogP contribution in [0.4, 0.5) is 0 Å². The second kappa shape index (κ2) is 24.3. The largest absolute Gasteiger partial charge is 4.00 e. The van der Waals surface area contributed by atoms with Gasteiger partial charge in [0.25, 0.3) is 0 Å². The van der Waals surface area contributed by atoms with E-state index < -0.39 is 18.0 Å². The summed E-state index contributed by atoms with van der Waals surface area (Å²) in [5.74, 6) is -2.05. The van der Waals surface area contributed by atoms with Crippen LogP contribution in [0, 0.1) is 19.8 Å². The Morgan fingerprint density at radius 2 is 1.22 bits per heavy atom. The molecule has 1 unspecified atom stereocenters. The Balaban J connectivity index is 0.00000925. The van der Waals surface area contributed by atoms with Crippen LogP contribution in [0.25, 0.3) is 29.6 Å². The van der Waals surface area contributed by atoms with Gasteiger partial charge in [-0.2, -0.15) is 5.70 Å². The number of carbonyl (C=O) groups is 3. The molecule has 11 heteroatoms. The van der Waals surface area contributed by atoms with E-state index in [1.165, 1.54) is 22.3 Å². The standard InChI is InChI=1S/C54H68N4O6.Fe/c1-10-39-36(7)44-29-50-54(51(60)22-14-21-35(6)20-13-19-34(5)18-12-17-33(4)16-11-15-32(2)3)38(9)45(57-50)28-49-42(31-59)41(24-26-53(63)64)48(58-49)30-47-40(23-25-52(61)62)37(8)43(56-47)27-46(39)55-44;/h10,15,17,19,21,27-31,36,51,60H,11-14,16,18,20,22-26H2,1-9H3,(H4,55,56,59,61,62,63,64);/q-2;+4/p-2/b33-17+,34-19+,35-21+,39-10+,44-29-,49-28-;/t36?,51-;/m0./s1. The summed E-state index contributed by atoms with van der Waals surface area (Å²) in [4.78, 5) is 51.3. The van der Waals surface area contributed by atoms with Crippen LogP contribution in [-0.2, 0) is 39.5 Å². The maximum absolute atomic E-state index is 12.8. The number of carboxylic acids is 2. The quantitative estimate of drug-likeness (QED) is 0.0567. The predicted octanol–water partition coefficient (Wildman–Crippen LogP) is 10.3. The Bertz CT molecular complexity index is 2580. The SMILES string of the molecule is C/C=C1/C2=C/c3[n-]c(c(CCC(=O)O)c3C)/C=c3\[n-]/c(c(C=O)c3CCC(=O)O)=C\c3[n-]c(c([C@@H](O)CC/C=C(\C)CC/C=C(\C)CC/C=C(\C)CCC=C(C)C)c3C)/C=C(\[N-]2)C1C.[Fe+4]. The van der Waals surface area contributed by atoms with Crippen molar-refractivity contribution in [3.05, 3.63) is 142 Å². The first-order chi connectivity index (χ1) is 30.5. The molecule has 346 valence electrons. The average Bonchev–Trinajstić information content (AvgIpc) is 3.91. The van der Waals surface area contributed by atoms with Crippen molar-refractivity contribution >= 4 is 42.5 Å². The van der Waals surface area contributed by atoms with E-state index in [1.807, 2.05) is 39.0 Å². The Labute approximate surface area is 395 Å². The summed E-state index contributed by atoms with van der Waals surface area (Å²) < 4.78 is 0. The molecule has 1 fully saturated rings. The molecule has 65 heavy (non-hydrogen) atoms. The van der Waals surface area contributed by atoms with Crippen molar-refractivity contribution in [2.24, 2.45) is 5.92 Å². The van der Waals surface area contributed by atoms with Gasteiger partial charge in [-0.15, -0.1) is 39.2 Å². The zero-order chi connectivity index (χ0) is 46.7. The van der Waals surface area contributed by atoms with Gasteiger partial charge in [0, 0.05) is 18.4 Å². The van der Waals surface area contributed by atoms with Crippen molar-refractivity contribution in [2.45, 2.75) is 145 Å². The van der Waals surface area contributed by atoms with Crippen LogP contribution in [0.1, 0.15) is 180 Å². The van der Waals surface area contributed by atoms with E-state index in [2.05, 4.69) is 65.8 Å². The van der Waals surface area contributed by atoms with E-state index in [9.17, 15) is 29.7 Å². The fourth-order valence-corrected chi connectivity index (χ4v) is 8.62. The Morgan fingerprint density at radius 3 is 1.78 bits per heavy atom. The number of aliphatic hydroxyl groups excluding tert-OH is 1. The van der Waals surface area contributed by atoms with Crippen LogP contribution in [0.5, 0.6) is 0 Å². The molecule has 1 saturated heterocycles. The average molecular weight is 923 g/mol. The van der Waals surface area contributed by atoms with E-state index in [4.69, 9.17) is 20.3 Å². The summed E-state index contributed by atoms with van der Waals surface area (Å²) >= 11 is 0. The van der Waals surface area contributed by atoms with Crippen LogP contribution in [0.2, 0.25) is 0 Å². The van der Waals surface area contributed by atoms with Crippen molar-refractivity contribution in [3.63, 3.8) is 0 Å². The third-order valence-corrected chi connectivity index (χ3v) is 12.4. The van der Waals surface area contributed by atoms with E-state index >= 15 is 0 Å². The maximum Gasteiger partial charge on any atom is 4.00 e. The molecule has 5 rings (SSSR count). The van der Waals surface area contributed by atoms with Crippen molar-refractivity contribution in [2.75, 3.05) is 0 Å². The number of aromatic nitrogens is 3. The minimum Gasteiger partial charge on any atom is -0.661 e. The number of nitrogens with zero attached hydrogens (tertiary/aromatic N) is 4. The van der Waals surface area contributed by atoms with Crippen molar-refractivity contribution in [1.82, 2.24) is 15.0 Å². The summed E-state index contributed by atoms with van der Waals surface area (Å²) in [6.07, 6.45) is 25.8. The first kappa shape index (κ1) is 52.3. The number of fused-ring (bicyclic) bond motifs is 8. The number of carbonyl (C=O) groups excluding carboxylic acids is 1. The summed E-state index contributed by atoms with van der Waals surface area (Å²) in [6, 6.07) is 0. The minimum absolute atomic E-state index is 0. The molecule has 0 radical (unpaired) electrons. The molecule has 2 aliphatic rings. The topological polar surface area (TPSA) is 168 Å². The molecule has 5 heterocycles. The predicted molar refractivity (Wildman–Crippen MR) is 257 cm³/mol. The maximum atomic E-state index is 12.8. The molecule has 3 aromatic rings. The number of rotatable bonds is 20. The number of hydrogen-bond donors (Lipinski definition) is 3. The van der Waals surface area contributed by atoms with Crippen LogP contribution in [0.15, 0.2) is 69.6 Å². The van der Waals surface area contributed by atoms with Gasteiger partial charge in [-0.3, -0.25) is 14.4 Å². The zero-order valence-corrected chi connectivity index (χ0v) is 40.7. The van der Waals surface area contributed by atoms with Crippen LogP contribution in [0.3, 0.4) is 0 Å². The number of carboxylic acid groups (broad SMARTS) is 2. The third kappa shape index (κ3) is 13.8. The minimum atomic E-state index is -1.02. The normalized spacial score (nSPS) is 18.8. The molecule has 3 aromatic heterocycles. The van der Waals surface area contributed by atoms with E-state index in [-0.39, 0.29) is 54.2 Å². The Morgan fingerprint density at radius 1 is 0.677 bits per heavy atom. The molecule has 10 nitrogen and oxygen atoms in total. The molecule has 2 atom stereocenters. The Hall–Kier alpha value is -5.35. The molecule has 0 aromatic carbocycles. The summed E-state index contributed by atoms with van der Waals surface area (Å²) in [5, 5.41) is 37.0. The zero-order valence-electron chi connectivity index (χ0n) is 39.6. The molecule has 0 saturated carbocycles. The Kier molecular flexibility index (Phi) is 19.5. The van der Waals surface area contributed by atoms with Gasteiger partial charge in [0.1, 0.15) is 6.29 Å². The van der Waals surface area contributed by atoms with E-state index in [0.717, 1.165) is 72.2 Å². The summed E-state index contributed by atoms with van der Waals surface area (Å²) in [5.41, 5.74) is 14.0. The molecular weight excluding hydrogens is 856 g/mol. The fourth-order valence-electron chi connectivity index (χ4n) is 8.62. The monoisotopic (exact) mass is 922 g/mol. The summed E-state index contributed by atoms with van der Waals surface area (Å²) in [7, 11) is 0. The third-order valence-electron chi connectivity index (χ3n) is 12.4. The van der Waals surface area contributed by atoms with Crippen LogP contribution in [-0.4, -0.2) is 33.5 Å². The van der Waals surface area contributed by atoms with Gasteiger partial charge in [0.05, 0.1) is 6.10 Å². The van der Waals surface area contributed by atoms with E-state index in [1.54, 1.807) is 12.2 Å². The van der Waals surface area contributed by atoms with Crippen LogP contribution >= 0.6 is 0 Å². The van der Waals surface area contributed by atoms with Gasteiger partial charge >= 0.3 is 29.0 Å². The summed E-state index contributed by atoms with van der Waals surface area (Å²) in [6.45, 7) is 18.7. The van der Waals surface area contributed by atoms with Gasteiger partial charge in [-0.1, -0.05) is 112 Å². The second-order valence-corrected chi connectivity index (χ2v) is 17.7. The first-order valence-electron chi connectivity index (χ1n) is 22.7. The van der Waals surface area contributed by atoms with Gasteiger partial charge in [0.2, 0.25) is 0 Å². The number of allylic oxidation sites excluding steroid dienone is 11. The molecule has 0 amide bonds. The first-order valence-corrected chi connectivity index (χ1v) is 22.7. The van der Waals surface area contributed by atoms with Crippen molar-refractivity contribution in [1.29, 1.82) is 0 Å².